The van der Waals surface area contributed by atoms with Crippen LogP contribution in [0.5, 0.6) is 11.5 Å². The Kier molecular flexibility index (Phi) is 4.14. The summed E-state index contributed by atoms with van der Waals surface area (Å²) in [5.41, 5.74) is 2.90. The first kappa shape index (κ1) is 16.3. The fourth-order valence-corrected chi connectivity index (χ4v) is 2.98. The second kappa shape index (κ2) is 6.61. The minimum atomic E-state index is -0.429. The lowest BCUT2D eigenvalue weighted by molar-refractivity contribution is -0.385. The molecule has 0 spiro atoms. The highest BCUT2D eigenvalue weighted by Crippen LogP contribution is 2.34. The van der Waals surface area contributed by atoms with E-state index in [1.54, 1.807) is 0 Å². The van der Waals surface area contributed by atoms with Crippen LogP contribution in [0, 0.1) is 17.0 Å². The lowest BCUT2D eigenvalue weighted by Gasteiger charge is -2.20. The lowest BCUT2D eigenvalue weighted by atomic mass is 10.1. The Bertz CT molecular complexity index is 1000. The largest absolute Gasteiger partial charge is 0.486 e. The monoisotopic (exact) mass is 352 g/mol. The molecule has 26 heavy (non-hydrogen) atoms. The molecule has 132 valence electrons. The third-order valence-electron chi connectivity index (χ3n) is 4.19. The van der Waals surface area contributed by atoms with Crippen molar-refractivity contribution in [2.24, 2.45) is 0 Å². The summed E-state index contributed by atoms with van der Waals surface area (Å²) >= 11 is 0. The fourth-order valence-electron chi connectivity index (χ4n) is 2.98. The van der Waals surface area contributed by atoms with Crippen molar-refractivity contribution in [3.63, 3.8) is 0 Å². The van der Waals surface area contributed by atoms with Crippen molar-refractivity contribution >= 4 is 16.6 Å². The van der Waals surface area contributed by atoms with Crippen LogP contribution in [0.1, 0.15) is 16.8 Å². The molecule has 4 rings (SSSR count). The van der Waals surface area contributed by atoms with Gasteiger partial charge in [0.15, 0.2) is 6.79 Å². The van der Waals surface area contributed by atoms with E-state index in [0.717, 1.165) is 16.6 Å². The highest BCUT2D eigenvalue weighted by molar-refractivity contribution is 5.84. The van der Waals surface area contributed by atoms with Gasteiger partial charge in [0.2, 0.25) is 0 Å². The van der Waals surface area contributed by atoms with E-state index in [-0.39, 0.29) is 25.7 Å². The number of aryl methyl sites for hydroxylation is 1. The average molecular weight is 352 g/mol. The standard InChI is InChI=1S/C19H16N2O5/c1-12-5-6-13-3-2-4-17(18(13)20-12)25-10-15-8-16(21(22)23)7-14-9-24-11-26-19(14)15/h2-8H,9-11H2,1H3. The molecule has 0 bridgehead atoms. The predicted molar refractivity (Wildman–Crippen MR) is 94.2 cm³/mol. The van der Waals surface area contributed by atoms with E-state index in [2.05, 4.69) is 4.98 Å². The van der Waals surface area contributed by atoms with E-state index in [4.69, 9.17) is 14.2 Å². The lowest BCUT2D eigenvalue weighted by Crippen LogP contribution is -2.14. The van der Waals surface area contributed by atoms with Crippen LogP contribution in [-0.2, 0) is 18.0 Å². The number of hydrogen-bond donors (Lipinski definition) is 0. The van der Waals surface area contributed by atoms with Gasteiger partial charge in [-0.1, -0.05) is 18.2 Å². The summed E-state index contributed by atoms with van der Waals surface area (Å²) in [6.07, 6.45) is 0. The first-order valence-corrected chi connectivity index (χ1v) is 8.12. The number of fused-ring (bicyclic) bond motifs is 2. The van der Waals surface area contributed by atoms with Crippen LogP contribution in [-0.4, -0.2) is 16.7 Å². The molecule has 2 heterocycles. The van der Waals surface area contributed by atoms with Crippen LogP contribution in [0.2, 0.25) is 0 Å². The van der Waals surface area contributed by atoms with E-state index in [1.807, 2.05) is 37.3 Å². The molecule has 0 aliphatic carbocycles. The Balaban J connectivity index is 1.69. The van der Waals surface area contributed by atoms with Crippen molar-refractivity contribution in [2.75, 3.05) is 6.79 Å². The van der Waals surface area contributed by atoms with Gasteiger partial charge >= 0.3 is 0 Å². The van der Waals surface area contributed by atoms with Crippen molar-refractivity contribution in [1.29, 1.82) is 0 Å². The van der Waals surface area contributed by atoms with E-state index < -0.39 is 4.92 Å². The summed E-state index contributed by atoms with van der Waals surface area (Å²) in [5, 5.41) is 12.2. The number of nitro groups is 1. The maximum absolute atomic E-state index is 11.2. The number of ether oxygens (including phenoxy) is 3. The zero-order valence-electron chi connectivity index (χ0n) is 14.1. The van der Waals surface area contributed by atoms with Gasteiger partial charge in [0.05, 0.1) is 11.5 Å². The van der Waals surface area contributed by atoms with Crippen LogP contribution in [0.25, 0.3) is 10.9 Å². The molecule has 1 aliphatic heterocycles. The van der Waals surface area contributed by atoms with Gasteiger partial charge in [0.25, 0.3) is 5.69 Å². The quantitative estimate of drug-likeness (QED) is 0.523. The molecule has 0 amide bonds. The molecule has 7 heteroatoms. The van der Waals surface area contributed by atoms with Crippen molar-refractivity contribution in [2.45, 2.75) is 20.1 Å². The Morgan fingerprint density at radius 3 is 3.00 bits per heavy atom. The minimum absolute atomic E-state index is 0.0108. The first-order chi connectivity index (χ1) is 12.6. The average Bonchev–Trinajstić information content (AvgIpc) is 2.65. The van der Waals surface area contributed by atoms with Gasteiger partial charge in [-0.05, 0) is 19.1 Å². The highest BCUT2D eigenvalue weighted by Gasteiger charge is 2.21. The molecule has 0 fully saturated rings. The van der Waals surface area contributed by atoms with Gasteiger partial charge < -0.3 is 14.2 Å². The number of aromatic nitrogens is 1. The molecule has 7 nitrogen and oxygen atoms in total. The van der Waals surface area contributed by atoms with Gasteiger partial charge in [-0.15, -0.1) is 0 Å². The zero-order chi connectivity index (χ0) is 18.1. The summed E-state index contributed by atoms with van der Waals surface area (Å²) in [7, 11) is 0. The van der Waals surface area contributed by atoms with E-state index in [9.17, 15) is 10.1 Å². The molecular formula is C19H16N2O5. The fraction of sp³-hybridized carbons (Fsp3) is 0.211. The number of non-ortho nitro benzene ring substituents is 1. The SMILES string of the molecule is Cc1ccc2cccc(OCc3cc([N+](=O)[O-])cc4c3OCOC4)c2n1. The van der Waals surface area contributed by atoms with Gasteiger partial charge in [-0.3, -0.25) is 10.1 Å². The molecule has 0 atom stereocenters. The summed E-state index contributed by atoms with van der Waals surface area (Å²) in [6, 6.07) is 12.6. The summed E-state index contributed by atoms with van der Waals surface area (Å²) in [6.45, 7) is 2.45. The molecule has 2 aromatic carbocycles. The Morgan fingerprint density at radius 2 is 2.15 bits per heavy atom. The molecular weight excluding hydrogens is 336 g/mol. The van der Waals surface area contributed by atoms with Crippen molar-refractivity contribution in [3.8, 4) is 11.5 Å². The third-order valence-corrected chi connectivity index (χ3v) is 4.19. The molecule has 0 unspecified atom stereocenters. The second-order valence-corrected chi connectivity index (χ2v) is 6.03. The van der Waals surface area contributed by atoms with Crippen LogP contribution in [0.15, 0.2) is 42.5 Å². The third kappa shape index (κ3) is 3.04. The Labute approximate surface area is 149 Å². The first-order valence-electron chi connectivity index (χ1n) is 8.12. The van der Waals surface area contributed by atoms with Crippen molar-refractivity contribution in [3.05, 3.63) is 69.4 Å². The molecule has 1 aliphatic rings. The van der Waals surface area contributed by atoms with E-state index >= 15 is 0 Å². The van der Waals surface area contributed by atoms with E-state index in [1.165, 1.54) is 12.1 Å². The number of benzene rings is 2. The summed E-state index contributed by atoms with van der Waals surface area (Å²) in [4.78, 5) is 15.3. The highest BCUT2D eigenvalue weighted by atomic mass is 16.7. The number of rotatable bonds is 4. The molecule has 0 N–H and O–H groups in total. The number of nitro benzene ring substituents is 1. The topological polar surface area (TPSA) is 83.7 Å². The van der Waals surface area contributed by atoms with Crippen molar-refractivity contribution < 1.29 is 19.1 Å². The van der Waals surface area contributed by atoms with Crippen LogP contribution >= 0.6 is 0 Å². The van der Waals surface area contributed by atoms with Gasteiger partial charge in [-0.2, -0.15) is 0 Å². The molecule has 0 saturated carbocycles. The maximum atomic E-state index is 11.2. The number of pyridine rings is 1. The summed E-state index contributed by atoms with van der Waals surface area (Å²) in [5.74, 6) is 1.21. The summed E-state index contributed by atoms with van der Waals surface area (Å²) < 4.78 is 16.7. The molecule has 1 aromatic heterocycles. The predicted octanol–water partition coefficient (Wildman–Crippen LogP) is 3.90. The van der Waals surface area contributed by atoms with Crippen molar-refractivity contribution in [1.82, 2.24) is 4.98 Å². The number of hydrogen-bond acceptors (Lipinski definition) is 6. The van der Waals surface area contributed by atoms with Gasteiger partial charge in [0.1, 0.15) is 23.6 Å². The minimum Gasteiger partial charge on any atom is -0.486 e. The second-order valence-electron chi connectivity index (χ2n) is 6.03. The van der Waals surface area contributed by atoms with Crippen LogP contribution in [0.4, 0.5) is 5.69 Å². The molecule has 3 aromatic rings. The Morgan fingerprint density at radius 1 is 1.27 bits per heavy atom. The molecule has 0 radical (unpaired) electrons. The van der Waals surface area contributed by atoms with Gasteiger partial charge in [0, 0.05) is 34.3 Å². The zero-order valence-corrected chi connectivity index (χ0v) is 14.1. The van der Waals surface area contributed by atoms with Gasteiger partial charge in [-0.25, -0.2) is 4.98 Å². The molecule has 0 saturated heterocycles. The van der Waals surface area contributed by atoms with Crippen LogP contribution in [0.3, 0.4) is 0 Å². The maximum Gasteiger partial charge on any atom is 0.270 e. The number of nitrogens with zero attached hydrogens (tertiary/aromatic N) is 2. The number of para-hydroxylation sites is 1. The smallest absolute Gasteiger partial charge is 0.270 e. The normalized spacial score (nSPS) is 13.1. The van der Waals surface area contributed by atoms with Crippen LogP contribution < -0.4 is 9.47 Å². The van der Waals surface area contributed by atoms with E-state index in [0.29, 0.717) is 22.6 Å². The Hall–Kier alpha value is -3.19.